The van der Waals surface area contributed by atoms with Crippen LogP contribution in [0.3, 0.4) is 0 Å². The number of hydrogen-bond acceptors (Lipinski definition) is 6. The third kappa shape index (κ3) is 6.33. The zero-order valence-corrected chi connectivity index (χ0v) is 24.0. The average Bonchev–Trinajstić information content (AvgIpc) is 3.37. The minimum absolute atomic E-state index is 0.0326. The molecule has 40 heavy (non-hydrogen) atoms. The summed E-state index contributed by atoms with van der Waals surface area (Å²) in [5.74, 6) is -0.0326. The lowest BCUT2D eigenvalue weighted by Gasteiger charge is -2.41. The first-order chi connectivity index (χ1) is 19.4. The van der Waals surface area contributed by atoms with E-state index in [9.17, 15) is 4.79 Å². The smallest absolute Gasteiger partial charge is 0.293 e. The maximum atomic E-state index is 12.9. The van der Waals surface area contributed by atoms with E-state index < -0.39 is 0 Å². The van der Waals surface area contributed by atoms with Crippen LogP contribution >= 0.6 is 0 Å². The Hall–Kier alpha value is -3.78. The number of ether oxygens (including phenoxy) is 1. The van der Waals surface area contributed by atoms with Crippen molar-refractivity contribution in [1.29, 1.82) is 0 Å². The van der Waals surface area contributed by atoms with Gasteiger partial charge in [-0.1, -0.05) is 30.3 Å². The number of nitrogens with one attached hydrogen (secondary N) is 1. The Morgan fingerprint density at radius 1 is 1.12 bits per heavy atom. The molecule has 8 heteroatoms. The monoisotopic (exact) mass is 540 g/mol. The largest absolute Gasteiger partial charge is 0.462 e. The summed E-state index contributed by atoms with van der Waals surface area (Å²) in [5, 5.41) is 3.13. The molecule has 5 rings (SSSR count). The topological polar surface area (TPSA) is 83.0 Å². The van der Waals surface area contributed by atoms with Gasteiger partial charge in [-0.2, -0.15) is 4.99 Å². The number of carbonyl (C=O) groups is 1. The van der Waals surface area contributed by atoms with Gasteiger partial charge in [0.2, 0.25) is 0 Å². The molecule has 0 aliphatic carbocycles. The number of aliphatic imine (C=N–C) groups is 1. The van der Waals surface area contributed by atoms with Crippen LogP contribution in [0.4, 0.5) is 5.69 Å². The van der Waals surface area contributed by atoms with Crippen LogP contribution in [0.1, 0.15) is 65.1 Å². The fourth-order valence-corrected chi connectivity index (χ4v) is 6.04. The van der Waals surface area contributed by atoms with Crippen molar-refractivity contribution >= 4 is 17.6 Å². The Balaban J connectivity index is 1.19. The number of likely N-dealkylation sites (tertiary alicyclic amines) is 1. The molecular formula is C32H40N6O2. The molecule has 2 fully saturated rings. The number of benzene rings is 1. The summed E-state index contributed by atoms with van der Waals surface area (Å²) < 4.78 is 6.19. The van der Waals surface area contributed by atoms with E-state index in [0.29, 0.717) is 36.8 Å². The number of aryl methyl sites for hydroxylation is 3. The Morgan fingerprint density at radius 3 is 2.60 bits per heavy atom. The molecule has 2 atom stereocenters. The van der Waals surface area contributed by atoms with Gasteiger partial charge in [0.15, 0.2) is 0 Å². The quantitative estimate of drug-likeness (QED) is 0.426. The van der Waals surface area contributed by atoms with Gasteiger partial charge in [-0.25, -0.2) is 0 Å². The van der Waals surface area contributed by atoms with Gasteiger partial charge in [-0.05, 0) is 76.3 Å². The van der Waals surface area contributed by atoms with Crippen LogP contribution in [-0.4, -0.2) is 70.0 Å². The third-order valence-corrected chi connectivity index (χ3v) is 8.10. The fourth-order valence-electron chi connectivity index (χ4n) is 6.04. The van der Waals surface area contributed by atoms with Crippen LogP contribution in [0.2, 0.25) is 0 Å². The van der Waals surface area contributed by atoms with Gasteiger partial charge in [-0.3, -0.25) is 14.8 Å². The maximum Gasteiger partial charge on any atom is 0.293 e. The van der Waals surface area contributed by atoms with Crippen molar-refractivity contribution in [2.24, 2.45) is 4.99 Å². The number of amidine groups is 1. The molecule has 4 heterocycles. The first-order valence-corrected chi connectivity index (χ1v) is 14.3. The number of aromatic nitrogens is 2. The molecule has 8 nitrogen and oxygen atoms in total. The summed E-state index contributed by atoms with van der Waals surface area (Å²) in [6.07, 6.45) is 6.49. The molecule has 2 saturated heterocycles. The lowest BCUT2D eigenvalue weighted by atomic mass is 9.98. The lowest BCUT2D eigenvalue weighted by Crippen LogP contribution is -2.49. The highest BCUT2D eigenvalue weighted by atomic mass is 16.5. The summed E-state index contributed by atoms with van der Waals surface area (Å²) in [5.41, 5.74) is 5.45. The Morgan fingerprint density at radius 2 is 1.90 bits per heavy atom. The van der Waals surface area contributed by atoms with E-state index in [4.69, 9.17) is 9.73 Å². The third-order valence-electron chi connectivity index (χ3n) is 8.10. The van der Waals surface area contributed by atoms with E-state index in [1.807, 2.05) is 39.0 Å². The summed E-state index contributed by atoms with van der Waals surface area (Å²) >= 11 is 0. The maximum absolute atomic E-state index is 12.9. The second kappa shape index (κ2) is 12.6. The van der Waals surface area contributed by atoms with E-state index in [2.05, 4.69) is 62.3 Å². The van der Waals surface area contributed by atoms with E-state index in [0.717, 1.165) is 55.0 Å². The van der Waals surface area contributed by atoms with Crippen molar-refractivity contribution in [3.8, 4) is 0 Å². The predicted molar refractivity (Wildman–Crippen MR) is 158 cm³/mol. The molecule has 1 unspecified atom stereocenters. The molecule has 1 aromatic carbocycles. The summed E-state index contributed by atoms with van der Waals surface area (Å²) in [6.45, 7) is 11.3. The van der Waals surface area contributed by atoms with Gasteiger partial charge < -0.3 is 19.9 Å². The first kappa shape index (κ1) is 27.8. The SMILES string of the molecule is Cc1cc(C)c(C(=O)NCCC(C)N2CCC(N3/C(=N/c4cccnc4)OC[C@H]3c3ccccc3)CC2)c(C)n1. The molecular weight excluding hydrogens is 500 g/mol. The van der Waals surface area contributed by atoms with Crippen LogP contribution in [-0.2, 0) is 4.74 Å². The molecule has 210 valence electrons. The van der Waals surface area contributed by atoms with Gasteiger partial charge in [-0.15, -0.1) is 0 Å². The van der Waals surface area contributed by atoms with Crippen LogP contribution in [0.15, 0.2) is 65.9 Å². The van der Waals surface area contributed by atoms with Crippen molar-refractivity contribution in [2.45, 2.75) is 65.1 Å². The van der Waals surface area contributed by atoms with Gasteiger partial charge in [0.25, 0.3) is 11.9 Å². The predicted octanol–water partition coefficient (Wildman–Crippen LogP) is 5.14. The molecule has 2 aromatic heterocycles. The molecule has 0 saturated carbocycles. The molecule has 0 bridgehead atoms. The molecule has 0 spiro atoms. The van der Waals surface area contributed by atoms with Gasteiger partial charge in [0.1, 0.15) is 6.61 Å². The minimum atomic E-state index is -0.0326. The lowest BCUT2D eigenvalue weighted by molar-refractivity contribution is 0.0930. The van der Waals surface area contributed by atoms with Gasteiger partial charge >= 0.3 is 0 Å². The van der Waals surface area contributed by atoms with Crippen LogP contribution in [0.5, 0.6) is 0 Å². The van der Waals surface area contributed by atoms with E-state index in [1.54, 1.807) is 12.4 Å². The average molecular weight is 541 g/mol. The molecule has 2 aliphatic rings. The molecule has 2 aliphatic heterocycles. The molecule has 3 aromatic rings. The van der Waals surface area contributed by atoms with Crippen LogP contribution in [0.25, 0.3) is 0 Å². The van der Waals surface area contributed by atoms with E-state index in [-0.39, 0.29) is 11.9 Å². The summed E-state index contributed by atoms with van der Waals surface area (Å²) in [4.78, 5) is 31.3. The first-order valence-electron chi connectivity index (χ1n) is 14.3. The van der Waals surface area contributed by atoms with Crippen molar-refractivity contribution in [3.05, 3.63) is 89.0 Å². The highest BCUT2D eigenvalue weighted by Gasteiger charge is 2.39. The number of piperidine rings is 1. The zero-order chi connectivity index (χ0) is 28.1. The Bertz CT molecular complexity index is 1300. The second-order valence-electron chi connectivity index (χ2n) is 11.0. The molecule has 0 radical (unpaired) electrons. The normalized spacial score (nSPS) is 19.9. The Kier molecular flexibility index (Phi) is 8.75. The number of hydrogen-bond donors (Lipinski definition) is 1. The highest BCUT2D eigenvalue weighted by molar-refractivity contribution is 5.96. The zero-order valence-electron chi connectivity index (χ0n) is 24.0. The summed E-state index contributed by atoms with van der Waals surface area (Å²) in [6, 6.07) is 17.9. The van der Waals surface area contributed by atoms with Crippen molar-refractivity contribution in [1.82, 2.24) is 25.1 Å². The van der Waals surface area contributed by atoms with Crippen molar-refractivity contribution in [2.75, 3.05) is 26.2 Å². The standard InChI is InChI=1S/C32H40N6O2/c1-22-19-23(2)35-25(4)30(22)31(39)34-16-12-24(3)37-17-13-28(14-18-37)38-29(26-9-6-5-7-10-26)21-40-32(38)36-27-11-8-15-33-20-27/h5-11,15,19-20,24,28-29H,12-14,16-18,21H2,1-4H3,(H,34,39)/b36-32-/t24?,29-/m0/s1. The number of amides is 1. The van der Waals surface area contributed by atoms with Crippen LogP contribution < -0.4 is 5.32 Å². The van der Waals surface area contributed by atoms with E-state index >= 15 is 0 Å². The molecule has 1 amide bonds. The summed E-state index contributed by atoms with van der Waals surface area (Å²) in [7, 11) is 0. The fraction of sp³-hybridized carbons (Fsp3) is 0.438. The van der Waals surface area contributed by atoms with Gasteiger partial charge in [0.05, 0.1) is 29.2 Å². The van der Waals surface area contributed by atoms with Crippen molar-refractivity contribution < 1.29 is 9.53 Å². The second-order valence-corrected chi connectivity index (χ2v) is 11.0. The molecule has 1 N–H and O–H groups in total. The van der Waals surface area contributed by atoms with E-state index in [1.165, 1.54) is 5.56 Å². The number of rotatable bonds is 8. The number of nitrogens with zero attached hydrogens (tertiary/aromatic N) is 5. The number of carbonyl (C=O) groups excluding carboxylic acids is 1. The van der Waals surface area contributed by atoms with Gasteiger partial charge in [0, 0.05) is 43.6 Å². The van der Waals surface area contributed by atoms with Crippen LogP contribution in [0, 0.1) is 20.8 Å². The number of pyridine rings is 2. The highest BCUT2D eigenvalue weighted by Crippen LogP contribution is 2.34. The Labute approximate surface area is 237 Å². The minimum Gasteiger partial charge on any atom is -0.462 e. The van der Waals surface area contributed by atoms with Crippen molar-refractivity contribution in [3.63, 3.8) is 0 Å².